The molecule has 3 aliphatic rings. The number of carbonyl (C=O) groups is 1. The van der Waals surface area contributed by atoms with Gasteiger partial charge >= 0.3 is 5.97 Å². The van der Waals surface area contributed by atoms with Gasteiger partial charge in [0.05, 0.1) is 13.7 Å². The van der Waals surface area contributed by atoms with Crippen molar-refractivity contribution in [3.05, 3.63) is 29.8 Å². The highest BCUT2D eigenvalue weighted by Gasteiger charge is 2.35. The molecule has 1 aromatic carbocycles. The third-order valence-electron chi connectivity index (χ3n) is 4.81. The number of nitrogens with zero attached hydrogens (tertiary/aromatic N) is 2. The van der Waals surface area contributed by atoms with Gasteiger partial charge in [0, 0.05) is 32.2 Å². The van der Waals surface area contributed by atoms with Crippen LogP contribution >= 0.6 is 0 Å². The van der Waals surface area contributed by atoms with Crippen molar-refractivity contribution in [2.75, 3.05) is 33.3 Å². The standard InChI is InChI=1S/C17H24N2O3/c1-22-16-6-3-13(4-7-16)8-18-9-14-2-5-15(11-18)19(10-14)12-17(20)21/h3-4,6-7,14-15H,2,5,8-12H2,1H3,(H,20,21)/t14-,15+/m1/s1. The normalized spacial score (nSPS) is 25.9. The Morgan fingerprint density at radius 1 is 1.23 bits per heavy atom. The highest BCUT2D eigenvalue weighted by atomic mass is 16.5. The predicted octanol–water partition coefficient (Wildman–Crippen LogP) is 1.68. The summed E-state index contributed by atoms with van der Waals surface area (Å²) >= 11 is 0. The Bertz CT molecular complexity index is 517. The fourth-order valence-electron chi connectivity index (χ4n) is 3.76. The molecule has 3 heterocycles. The van der Waals surface area contributed by atoms with Crippen LogP contribution in [0, 0.1) is 5.92 Å². The minimum atomic E-state index is -0.714. The summed E-state index contributed by atoms with van der Waals surface area (Å²) in [5.41, 5.74) is 1.28. The van der Waals surface area contributed by atoms with Crippen LogP contribution in [0.4, 0.5) is 0 Å². The lowest BCUT2D eigenvalue weighted by Gasteiger charge is -2.34. The summed E-state index contributed by atoms with van der Waals surface area (Å²) in [6, 6.07) is 8.60. The van der Waals surface area contributed by atoms with Crippen molar-refractivity contribution >= 4 is 5.97 Å². The van der Waals surface area contributed by atoms with E-state index in [1.807, 2.05) is 12.1 Å². The Balaban J connectivity index is 1.64. The molecule has 0 unspecified atom stereocenters. The zero-order chi connectivity index (χ0) is 15.5. The summed E-state index contributed by atoms with van der Waals surface area (Å²) in [6.07, 6.45) is 2.34. The second-order valence-corrected chi connectivity index (χ2v) is 6.46. The van der Waals surface area contributed by atoms with E-state index in [0.29, 0.717) is 12.0 Å². The van der Waals surface area contributed by atoms with Gasteiger partial charge in [-0.25, -0.2) is 0 Å². The van der Waals surface area contributed by atoms with Crippen molar-refractivity contribution in [3.63, 3.8) is 0 Å². The Kier molecular flexibility index (Phi) is 4.64. The summed E-state index contributed by atoms with van der Waals surface area (Å²) in [5, 5.41) is 9.07. The molecule has 0 saturated carbocycles. The van der Waals surface area contributed by atoms with Crippen molar-refractivity contribution < 1.29 is 14.6 Å². The van der Waals surface area contributed by atoms with E-state index >= 15 is 0 Å². The van der Waals surface area contributed by atoms with Gasteiger partial charge in [-0.15, -0.1) is 0 Å². The second kappa shape index (κ2) is 6.67. The van der Waals surface area contributed by atoms with Crippen molar-refractivity contribution in [3.8, 4) is 5.75 Å². The summed E-state index contributed by atoms with van der Waals surface area (Å²) in [5.74, 6) is 0.762. The largest absolute Gasteiger partial charge is 0.497 e. The van der Waals surface area contributed by atoms with Gasteiger partial charge in [0.1, 0.15) is 5.75 Å². The highest BCUT2D eigenvalue weighted by Crippen LogP contribution is 2.28. The van der Waals surface area contributed by atoms with E-state index in [1.165, 1.54) is 12.0 Å². The van der Waals surface area contributed by atoms with Crippen LogP contribution in [-0.4, -0.2) is 60.2 Å². The van der Waals surface area contributed by atoms with Crippen molar-refractivity contribution in [1.82, 2.24) is 9.80 Å². The van der Waals surface area contributed by atoms with E-state index < -0.39 is 5.97 Å². The number of hydrogen-bond donors (Lipinski definition) is 1. The first-order valence-electron chi connectivity index (χ1n) is 7.95. The van der Waals surface area contributed by atoms with Crippen molar-refractivity contribution in [2.24, 2.45) is 5.92 Å². The smallest absolute Gasteiger partial charge is 0.317 e. The molecule has 3 fully saturated rings. The topological polar surface area (TPSA) is 53.0 Å². The summed E-state index contributed by atoms with van der Waals surface area (Å²) in [4.78, 5) is 15.7. The fourth-order valence-corrected chi connectivity index (χ4v) is 3.76. The lowest BCUT2D eigenvalue weighted by Crippen LogP contribution is -2.46. The second-order valence-electron chi connectivity index (χ2n) is 6.46. The minimum Gasteiger partial charge on any atom is -0.497 e. The van der Waals surface area contributed by atoms with E-state index in [9.17, 15) is 4.79 Å². The summed E-state index contributed by atoms with van der Waals surface area (Å²) < 4.78 is 5.20. The molecule has 0 radical (unpaired) electrons. The highest BCUT2D eigenvalue weighted by molar-refractivity contribution is 5.69. The molecule has 3 aliphatic heterocycles. The predicted molar refractivity (Wildman–Crippen MR) is 84.0 cm³/mol. The lowest BCUT2D eigenvalue weighted by atomic mass is 9.95. The molecular weight excluding hydrogens is 280 g/mol. The zero-order valence-electron chi connectivity index (χ0n) is 13.1. The number of ether oxygens (including phenoxy) is 1. The molecule has 1 N–H and O–H groups in total. The fraction of sp³-hybridized carbons (Fsp3) is 0.588. The van der Waals surface area contributed by atoms with Gasteiger partial charge in [0.2, 0.25) is 0 Å². The molecule has 0 aromatic heterocycles. The van der Waals surface area contributed by atoms with Gasteiger partial charge in [-0.05, 0) is 36.5 Å². The Labute approximate surface area is 131 Å². The monoisotopic (exact) mass is 304 g/mol. The quantitative estimate of drug-likeness (QED) is 0.897. The van der Waals surface area contributed by atoms with E-state index in [-0.39, 0.29) is 6.54 Å². The first kappa shape index (κ1) is 15.3. The van der Waals surface area contributed by atoms with Gasteiger partial charge in [0.25, 0.3) is 0 Å². The van der Waals surface area contributed by atoms with Crippen LogP contribution in [0.1, 0.15) is 18.4 Å². The number of carboxylic acid groups (broad SMARTS) is 1. The maximum atomic E-state index is 11.0. The maximum absolute atomic E-state index is 11.0. The van der Waals surface area contributed by atoms with Gasteiger partial charge in [-0.1, -0.05) is 12.1 Å². The van der Waals surface area contributed by atoms with Gasteiger partial charge in [-0.2, -0.15) is 0 Å². The van der Waals surface area contributed by atoms with E-state index in [4.69, 9.17) is 9.84 Å². The third kappa shape index (κ3) is 3.59. The number of rotatable bonds is 5. The minimum absolute atomic E-state index is 0.178. The number of fused-ring (bicyclic) bond motifs is 4. The van der Waals surface area contributed by atoms with Crippen LogP contribution in [0.5, 0.6) is 5.75 Å². The van der Waals surface area contributed by atoms with Gasteiger partial charge < -0.3 is 9.84 Å². The third-order valence-corrected chi connectivity index (χ3v) is 4.81. The first-order valence-corrected chi connectivity index (χ1v) is 7.95. The molecular formula is C17H24N2O3. The van der Waals surface area contributed by atoms with Gasteiger partial charge in [-0.3, -0.25) is 14.6 Å². The first-order chi connectivity index (χ1) is 10.6. The van der Waals surface area contributed by atoms with Crippen LogP contribution < -0.4 is 4.74 Å². The Morgan fingerprint density at radius 3 is 2.68 bits per heavy atom. The molecule has 0 spiro atoms. The molecule has 22 heavy (non-hydrogen) atoms. The van der Waals surface area contributed by atoms with E-state index in [0.717, 1.165) is 38.3 Å². The van der Waals surface area contributed by atoms with Crippen molar-refractivity contribution in [2.45, 2.75) is 25.4 Å². The lowest BCUT2D eigenvalue weighted by molar-refractivity contribution is -0.139. The Hall–Kier alpha value is -1.59. The number of piperidine rings is 1. The number of hydrogen-bond acceptors (Lipinski definition) is 4. The molecule has 3 saturated heterocycles. The SMILES string of the molecule is COc1ccc(CN2C[C@H]3CC[C@@H](C2)N(CC(=O)O)C3)cc1. The van der Waals surface area contributed by atoms with Crippen LogP contribution in [0.15, 0.2) is 24.3 Å². The molecule has 1 aromatic rings. The molecule has 0 aliphatic carbocycles. The molecule has 2 bridgehead atoms. The average molecular weight is 304 g/mol. The van der Waals surface area contributed by atoms with Gasteiger partial charge in [0.15, 0.2) is 0 Å². The summed E-state index contributed by atoms with van der Waals surface area (Å²) in [7, 11) is 1.68. The van der Waals surface area contributed by atoms with Crippen LogP contribution in [-0.2, 0) is 11.3 Å². The van der Waals surface area contributed by atoms with Crippen LogP contribution in [0.25, 0.3) is 0 Å². The molecule has 0 amide bonds. The summed E-state index contributed by atoms with van der Waals surface area (Å²) in [6.45, 7) is 4.07. The molecule has 4 rings (SSSR count). The molecule has 5 nitrogen and oxygen atoms in total. The average Bonchev–Trinajstić information content (AvgIpc) is 2.78. The number of methoxy groups -OCH3 is 1. The molecule has 5 heteroatoms. The van der Waals surface area contributed by atoms with Crippen LogP contribution in [0.2, 0.25) is 0 Å². The molecule has 120 valence electrons. The van der Waals surface area contributed by atoms with Crippen LogP contribution in [0.3, 0.4) is 0 Å². The van der Waals surface area contributed by atoms with E-state index in [1.54, 1.807) is 7.11 Å². The van der Waals surface area contributed by atoms with E-state index in [2.05, 4.69) is 21.9 Å². The number of carboxylic acids is 1. The maximum Gasteiger partial charge on any atom is 0.317 e. The molecule has 2 atom stereocenters. The van der Waals surface area contributed by atoms with Crippen molar-refractivity contribution in [1.29, 1.82) is 0 Å². The Morgan fingerprint density at radius 2 is 2.00 bits per heavy atom. The number of aliphatic carboxylic acids is 1. The zero-order valence-corrected chi connectivity index (χ0v) is 13.1. The number of benzene rings is 1.